The van der Waals surface area contributed by atoms with Gasteiger partial charge in [0.25, 0.3) is 6.01 Å². The summed E-state index contributed by atoms with van der Waals surface area (Å²) in [5.74, 6) is -0.434. The lowest BCUT2D eigenvalue weighted by Gasteiger charge is -2.11. The number of benzene rings is 2. The number of aromatic nitrogens is 1. The second-order valence-electron chi connectivity index (χ2n) is 6.81. The van der Waals surface area contributed by atoms with Crippen molar-refractivity contribution in [3.8, 4) is 0 Å². The van der Waals surface area contributed by atoms with E-state index in [1.54, 1.807) is 18.2 Å². The van der Waals surface area contributed by atoms with Gasteiger partial charge in [0.2, 0.25) is 6.71 Å². The smallest absolute Gasteiger partial charge is 0.295 e. The summed E-state index contributed by atoms with van der Waals surface area (Å²) in [6, 6.07) is 10.5. The van der Waals surface area contributed by atoms with E-state index >= 15 is 0 Å². The molecule has 0 spiro atoms. The van der Waals surface area contributed by atoms with Crippen molar-refractivity contribution in [1.82, 2.24) is 4.98 Å². The maximum absolute atomic E-state index is 13.7. The van der Waals surface area contributed by atoms with Crippen molar-refractivity contribution < 1.29 is 13.6 Å². The number of carbonyl (C=O) groups excluding carboxylic acids is 1. The molecule has 26 heavy (non-hydrogen) atoms. The first kappa shape index (κ1) is 17.1. The van der Waals surface area contributed by atoms with E-state index in [2.05, 4.69) is 10.3 Å². The summed E-state index contributed by atoms with van der Waals surface area (Å²) in [6.45, 7) is 1.85. The molecule has 1 N–H and O–H groups in total. The Morgan fingerprint density at radius 3 is 3.04 bits per heavy atom. The Bertz CT molecular complexity index is 991. The standard InChI is InChI=1S/C19H17BClFN2O2/c1-11-5-6-14(21)13(9-11)18(25)20-8-7-12(10-20)23-19-24-16-4-2-3-15(22)17(16)26-19/h2-6,9,12H,7-8,10H2,1H3,(H,23,24). The van der Waals surface area contributed by atoms with Crippen LogP contribution in [-0.2, 0) is 0 Å². The van der Waals surface area contributed by atoms with Crippen LogP contribution in [0.25, 0.3) is 11.1 Å². The Balaban J connectivity index is 1.47. The molecule has 1 fully saturated rings. The number of nitrogens with one attached hydrogen (secondary N) is 1. The molecule has 4 nitrogen and oxygen atoms in total. The van der Waals surface area contributed by atoms with Gasteiger partial charge < -0.3 is 14.5 Å². The molecule has 7 heteroatoms. The van der Waals surface area contributed by atoms with Crippen molar-refractivity contribution in [2.75, 3.05) is 5.32 Å². The summed E-state index contributed by atoms with van der Waals surface area (Å²) >= 11 is 6.20. The molecule has 0 amide bonds. The van der Waals surface area contributed by atoms with Gasteiger partial charge in [0.15, 0.2) is 11.4 Å². The lowest BCUT2D eigenvalue weighted by atomic mass is 9.44. The topological polar surface area (TPSA) is 55.1 Å². The second kappa shape index (κ2) is 6.76. The molecular formula is C19H17BClFN2O2. The zero-order chi connectivity index (χ0) is 18.3. The number of oxazole rings is 1. The van der Waals surface area contributed by atoms with Gasteiger partial charge in [-0.25, -0.2) is 4.39 Å². The number of aryl methyl sites for hydroxylation is 1. The quantitative estimate of drug-likeness (QED) is 0.654. The molecule has 1 unspecified atom stereocenters. The van der Waals surface area contributed by atoms with Crippen molar-refractivity contribution >= 4 is 41.1 Å². The fourth-order valence-electron chi connectivity index (χ4n) is 3.55. The van der Waals surface area contributed by atoms with Gasteiger partial charge in [-0.1, -0.05) is 35.6 Å². The molecule has 132 valence electrons. The van der Waals surface area contributed by atoms with Crippen LogP contribution in [0.3, 0.4) is 0 Å². The fraction of sp³-hybridized carbons (Fsp3) is 0.263. The van der Waals surface area contributed by atoms with Gasteiger partial charge in [-0.2, -0.15) is 4.98 Å². The maximum atomic E-state index is 13.7. The molecule has 1 aromatic heterocycles. The predicted octanol–water partition coefficient (Wildman–Crippen LogP) is 5.03. The van der Waals surface area contributed by atoms with Gasteiger partial charge in [0.1, 0.15) is 11.2 Å². The average molecular weight is 371 g/mol. The Hall–Kier alpha value is -2.34. The molecule has 1 saturated heterocycles. The lowest BCUT2D eigenvalue weighted by Crippen LogP contribution is -2.25. The van der Waals surface area contributed by atoms with Crippen molar-refractivity contribution in [3.05, 3.63) is 58.4 Å². The van der Waals surface area contributed by atoms with Crippen LogP contribution in [-0.4, -0.2) is 23.4 Å². The monoisotopic (exact) mass is 370 g/mol. The summed E-state index contributed by atoms with van der Waals surface area (Å²) < 4.78 is 19.2. The highest BCUT2D eigenvalue weighted by Gasteiger charge is 2.35. The molecule has 0 radical (unpaired) electrons. The van der Waals surface area contributed by atoms with Gasteiger partial charge >= 0.3 is 0 Å². The molecule has 1 atom stereocenters. The minimum absolute atomic E-state index is 0.0589. The van der Waals surface area contributed by atoms with E-state index in [1.807, 2.05) is 19.1 Å². The van der Waals surface area contributed by atoms with E-state index in [0.717, 1.165) is 18.3 Å². The number of fused-ring (bicyclic) bond motifs is 1. The summed E-state index contributed by atoms with van der Waals surface area (Å²) in [5.41, 5.74) is 2.30. The molecule has 3 aromatic rings. The zero-order valence-corrected chi connectivity index (χ0v) is 15.0. The number of anilines is 1. The van der Waals surface area contributed by atoms with Crippen molar-refractivity contribution in [2.45, 2.75) is 32.0 Å². The number of nitrogens with zero attached hydrogens (tertiary/aromatic N) is 1. The summed E-state index contributed by atoms with van der Waals surface area (Å²) in [7, 11) is 0. The highest BCUT2D eigenvalue weighted by molar-refractivity contribution is 6.93. The van der Waals surface area contributed by atoms with Crippen LogP contribution in [0.2, 0.25) is 17.7 Å². The number of para-hydroxylation sites is 1. The van der Waals surface area contributed by atoms with Crippen LogP contribution in [0.1, 0.15) is 22.3 Å². The first-order valence-corrected chi connectivity index (χ1v) is 9.01. The average Bonchev–Trinajstić information content (AvgIpc) is 3.24. The number of hydrogen-bond acceptors (Lipinski definition) is 4. The summed E-state index contributed by atoms with van der Waals surface area (Å²) in [4.78, 5) is 17.1. The van der Waals surface area contributed by atoms with Crippen molar-refractivity contribution in [1.29, 1.82) is 0 Å². The number of rotatable bonds is 4. The fourth-order valence-corrected chi connectivity index (χ4v) is 3.76. The SMILES string of the molecule is Cc1ccc(Cl)c(C(=O)B2CCC(Nc3nc4cccc(F)c4o3)C2)c1. The molecule has 1 aliphatic heterocycles. The predicted molar refractivity (Wildman–Crippen MR) is 102 cm³/mol. The first-order chi connectivity index (χ1) is 12.5. The summed E-state index contributed by atoms with van der Waals surface area (Å²) in [6.07, 6.45) is 2.26. The third-order valence-electron chi connectivity index (χ3n) is 4.89. The van der Waals surface area contributed by atoms with Gasteiger partial charge in [-0.05, 0) is 43.9 Å². The molecule has 2 aromatic carbocycles. The summed E-state index contributed by atoms with van der Waals surface area (Å²) in [5, 5.41) is 3.68. The van der Waals surface area contributed by atoms with Crippen LogP contribution < -0.4 is 5.32 Å². The maximum Gasteiger partial charge on any atom is 0.295 e. The molecule has 2 heterocycles. The van der Waals surface area contributed by atoms with Crippen LogP contribution in [0.4, 0.5) is 10.4 Å². The minimum Gasteiger partial charge on any atom is -0.420 e. The lowest BCUT2D eigenvalue weighted by molar-refractivity contribution is 0.107. The highest BCUT2D eigenvalue weighted by Crippen LogP contribution is 2.30. The van der Waals surface area contributed by atoms with Crippen LogP contribution in [0.5, 0.6) is 0 Å². The van der Waals surface area contributed by atoms with E-state index in [0.29, 0.717) is 22.4 Å². The molecular weight excluding hydrogens is 353 g/mol. The van der Waals surface area contributed by atoms with Gasteiger partial charge in [0.05, 0.1) is 5.02 Å². The van der Waals surface area contributed by atoms with Crippen molar-refractivity contribution in [2.24, 2.45) is 0 Å². The second-order valence-corrected chi connectivity index (χ2v) is 7.21. The van der Waals surface area contributed by atoms with Crippen LogP contribution in [0.15, 0.2) is 40.8 Å². The molecule has 1 aliphatic rings. The highest BCUT2D eigenvalue weighted by atomic mass is 35.5. The van der Waals surface area contributed by atoms with Crippen LogP contribution in [0, 0.1) is 12.7 Å². The molecule has 0 bridgehead atoms. The number of carbonyl (C=O) groups is 1. The number of halogens is 2. The normalized spacial score (nSPS) is 17.0. The molecule has 0 saturated carbocycles. The van der Waals surface area contributed by atoms with E-state index in [4.69, 9.17) is 16.0 Å². The van der Waals surface area contributed by atoms with E-state index < -0.39 is 5.82 Å². The van der Waals surface area contributed by atoms with Gasteiger partial charge in [-0.3, -0.25) is 0 Å². The molecule has 0 aliphatic carbocycles. The van der Waals surface area contributed by atoms with E-state index in [1.165, 1.54) is 6.07 Å². The molecule has 4 rings (SSSR count). The Labute approximate surface area is 155 Å². The largest absolute Gasteiger partial charge is 0.420 e. The number of hydrogen-bond donors (Lipinski definition) is 1. The van der Waals surface area contributed by atoms with E-state index in [9.17, 15) is 9.18 Å². The minimum atomic E-state index is -0.434. The third-order valence-corrected chi connectivity index (χ3v) is 5.21. The van der Waals surface area contributed by atoms with Crippen molar-refractivity contribution in [3.63, 3.8) is 0 Å². The van der Waals surface area contributed by atoms with E-state index in [-0.39, 0.29) is 30.0 Å². The Morgan fingerprint density at radius 2 is 2.23 bits per heavy atom. The van der Waals surface area contributed by atoms with Gasteiger partial charge in [-0.15, -0.1) is 0 Å². The Morgan fingerprint density at radius 1 is 1.38 bits per heavy atom. The first-order valence-electron chi connectivity index (χ1n) is 8.63. The van der Waals surface area contributed by atoms with Crippen LogP contribution >= 0.6 is 11.6 Å². The van der Waals surface area contributed by atoms with Gasteiger partial charge in [0, 0.05) is 11.6 Å². The zero-order valence-electron chi connectivity index (χ0n) is 14.3. The Kier molecular flexibility index (Phi) is 4.45. The third kappa shape index (κ3) is 3.21.